The van der Waals surface area contributed by atoms with E-state index in [1.807, 2.05) is 6.07 Å². The van der Waals surface area contributed by atoms with Crippen molar-refractivity contribution >= 4 is 17.2 Å². The maximum atomic E-state index is 12.0. The Kier molecular flexibility index (Phi) is 5.86. The molecule has 0 bridgehead atoms. The number of benzene rings is 1. The van der Waals surface area contributed by atoms with Crippen LogP contribution in [0, 0.1) is 5.92 Å². The van der Waals surface area contributed by atoms with Gasteiger partial charge in [-0.1, -0.05) is 30.3 Å². The Bertz CT molecular complexity index is 493. The summed E-state index contributed by atoms with van der Waals surface area (Å²) < 4.78 is 21.9. The first-order valence-electron chi connectivity index (χ1n) is 6.93. The third-order valence-electron chi connectivity index (χ3n) is 3.57. The number of hydrogen-bond donors (Lipinski definition) is 4. The zero-order valence-corrected chi connectivity index (χ0v) is 12.4. The van der Waals surface area contributed by atoms with Gasteiger partial charge in [-0.25, -0.2) is 8.93 Å². The first-order chi connectivity index (χ1) is 10.1. The van der Waals surface area contributed by atoms with Gasteiger partial charge in [0.2, 0.25) is 17.2 Å². The fourth-order valence-electron chi connectivity index (χ4n) is 2.13. The van der Waals surface area contributed by atoms with Crippen molar-refractivity contribution in [3.63, 3.8) is 0 Å². The van der Waals surface area contributed by atoms with Gasteiger partial charge in [0.15, 0.2) is 0 Å². The van der Waals surface area contributed by atoms with Crippen molar-refractivity contribution in [2.45, 2.75) is 24.9 Å². The van der Waals surface area contributed by atoms with Gasteiger partial charge in [-0.15, -0.1) is 0 Å². The SMILES string of the molecule is O=C(NCC1CC1)C(O)C(CNS(=O)O)c1ccccc1. The molecule has 1 fully saturated rings. The molecule has 0 spiro atoms. The molecule has 1 amide bonds. The number of amides is 1. The normalized spacial score (nSPS) is 18.8. The molecule has 0 radical (unpaired) electrons. The van der Waals surface area contributed by atoms with Gasteiger partial charge in [0.25, 0.3) is 0 Å². The number of carbonyl (C=O) groups is 1. The molecule has 1 aromatic carbocycles. The number of aliphatic hydroxyl groups is 1. The molecule has 6 nitrogen and oxygen atoms in total. The Hall–Kier alpha value is -1.28. The van der Waals surface area contributed by atoms with Gasteiger partial charge in [0, 0.05) is 19.0 Å². The molecule has 0 aromatic heterocycles. The van der Waals surface area contributed by atoms with Crippen molar-refractivity contribution in [1.82, 2.24) is 10.0 Å². The molecule has 1 aliphatic rings. The summed E-state index contributed by atoms with van der Waals surface area (Å²) >= 11 is -2.18. The second-order valence-corrected chi connectivity index (χ2v) is 6.04. The van der Waals surface area contributed by atoms with Crippen molar-refractivity contribution in [2.75, 3.05) is 13.1 Å². The molecule has 3 unspecified atom stereocenters. The lowest BCUT2D eigenvalue weighted by Crippen LogP contribution is -2.42. The van der Waals surface area contributed by atoms with Gasteiger partial charge >= 0.3 is 0 Å². The summed E-state index contributed by atoms with van der Waals surface area (Å²) in [6, 6.07) is 8.99. The molecule has 0 aliphatic heterocycles. The summed E-state index contributed by atoms with van der Waals surface area (Å²) in [6.07, 6.45) is 0.967. The van der Waals surface area contributed by atoms with Gasteiger partial charge in [-0.2, -0.15) is 0 Å². The van der Waals surface area contributed by atoms with Crippen molar-refractivity contribution in [3.05, 3.63) is 35.9 Å². The van der Waals surface area contributed by atoms with E-state index in [4.69, 9.17) is 4.55 Å². The number of aliphatic hydroxyl groups excluding tert-OH is 1. The topological polar surface area (TPSA) is 98.7 Å². The molecular weight excluding hydrogens is 292 g/mol. The van der Waals surface area contributed by atoms with Crippen LogP contribution in [0.4, 0.5) is 0 Å². The summed E-state index contributed by atoms with van der Waals surface area (Å²) in [5.74, 6) is -0.498. The highest BCUT2D eigenvalue weighted by Crippen LogP contribution is 2.27. The summed E-state index contributed by atoms with van der Waals surface area (Å²) in [4.78, 5) is 12.0. The Morgan fingerprint density at radius 2 is 2.00 bits per heavy atom. The maximum Gasteiger partial charge on any atom is 0.249 e. The van der Waals surface area contributed by atoms with Crippen LogP contribution in [0.15, 0.2) is 30.3 Å². The average Bonchev–Trinajstić information content (AvgIpc) is 3.29. The number of hydrogen-bond acceptors (Lipinski definition) is 3. The van der Waals surface area contributed by atoms with Gasteiger partial charge < -0.3 is 10.4 Å². The van der Waals surface area contributed by atoms with E-state index in [-0.39, 0.29) is 6.54 Å². The van der Waals surface area contributed by atoms with Gasteiger partial charge in [0.1, 0.15) is 6.10 Å². The average molecular weight is 312 g/mol. The van der Waals surface area contributed by atoms with E-state index in [1.165, 1.54) is 0 Å². The first-order valence-corrected chi connectivity index (χ1v) is 8.03. The quantitative estimate of drug-likeness (QED) is 0.522. The zero-order chi connectivity index (χ0) is 15.2. The molecule has 1 aromatic rings. The number of rotatable bonds is 8. The largest absolute Gasteiger partial charge is 0.383 e. The van der Waals surface area contributed by atoms with Crippen molar-refractivity contribution in [2.24, 2.45) is 5.92 Å². The van der Waals surface area contributed by atoms with E-state index in [9.17, 15) is 14.1 Å². The standard InChI is InChI=1S/C14H20N2O4S/c17-13(14(18)15-8-10-6-7-10)12(9-16-21(19)20)11-4-2-1-3-5-11/h1-5,10,12-13,16-17H,6-9H2,(H,15,18)(H,19,20). The molecule has 21 heavy (non-hydrogen) atoms. The van der Waals surface area contributed by atoms with Crippen LogP contribution in [0.2, 0.25) is 0 Å². The second-order valence-electron chi connectivity index (χ2n) is 5.25. The summed E-state index contributed by atoms with van der Waals surface area (Å²) in [5.41, 5.74) is 0.740. The maximum absolute atomic E-state index is 12.0. The molecule has 7 heteroatoms. The molecule has 116 valence electrons. The third kappa shape index (κ3) is 5.20. The molecule has 4 N–H and O–H groups in total. The van der Waals surface area contributed by atoms with Crippen LogP contribution in [-0.4, -0.2) is 39.0 Å². The van der Waals surface area contributed by atoms with Crippen LogP contribution < -0.4 is 10.0 Å². The monoisotopic (exact) mass is 312 g/mol. The van der Waals surface area contributed by atoms with Crippen LogP contribution in [0.1, 0.15) is 24.3 Å². The summed E-state index contributed by atoms with van der Waals surface area (Å²) in [6.45, 7) is 0.613. The second kappa shape index (κ2) is 7.65. The lowest BCUT2D eigenvalue weighted by molar-refractivity contribution is -0.130. The Morgan fingerprint density at radius 1 is 1.33 bits per heavy atom. The predicted molar refractivity (Wildman–Crippen MR) is 79.7 cm³/mol. The summed E-state index contributed by atoms with van der Waals surface area (Å²) in [5, 5.41) is 13.0. The molecule has 2 rings (SSSR count). The van der Waals surface area contributed by atoms with Crippen LogP contribution in [-0.2, 0) is 16.1 Å². The Balaban J connectivity index is 2.01. The van der Waals surface area contributed by atoms with Crippen LogP contribution in [0.5, 0.6) is 0 Å². The number of nitrogens with one attached hydrogen (secondary N) is 2. The fraction of sp³-hybridized carbons (Fsp3) is 0.500. The van der Waals surface area contributed by atoms with Gasteiger partial charge in [-0.05, 0) is 24.3 Å². The van der Waals surface area contributed by atoms with Crippen LogP contribution >= 0.6 is 0 Å². The molecule has 1 saturated carbocycles. The lowest BCUT2D eigenvalue weighted by Gasteiger charge is -2.22. The minimum absolute atomic E-state index is 0.0329. The zero-order valence-electron chi connectivity index (χ0n) is 11.6. The van der Waals surface area contributed by atoms with E-state index in [0.29, 0.717) is 12.5 Å². The van der Waals surface area contributed by atoms with E-state index < -0.39 is 29.2 Å². The fourth-order valence-corrected chi connectivity index (χ4v) is 2.45. The van der Waals surface area contributed by atoms with E-state index in [1.54, 1.807) is 24.3 Å². The highest BCUT2D eigenvalue weighted by atomic mass is 32.2. The Morgan fingerprint density at radius 3 is 2.57 bits per heavy atom. The highest BCUT2D eigenvalue weighted by Gasteiger charge is 2.29. The first kappa shape index (κ1) is 16.1. The van der Waals surface area contributed by atoms with Crippen molar-refractivity contribution < 1.29 is 18.7 Å². The predicted octanol–water partition coefficient (Wildman–Crippen LogP) is 0.384. The van der Waals surface area contributed by atoms with Crippen LogP contribution in [0.3, 0.4) is 0 Å². The van der Waals surface area contributed by atoms with Gasteiger partial charge in [-0.3, -0.25) is 9.35 Å². The lowest BCUT2D eigenvalue weighted by atomic mass is 9.93. The highest BCUT2D eigenvalue weighted by molar-refractivity contribution is 7.77. The van der Waals surface area contributed by atoms with E-state index >= 15 is 0 Å². The number of carbonyl (C=O) groups excluding carboxylic acids is 1. The van der Waals surface area contributed by atoms with Crippen molar-refractivity contribution in [3.8, 4) is 0 Å². The van der Waals surface area contributed by atoms with Gasteiger partial charge in [0.05, 0.1) is 0 Å². The molecular formula is C14H20N2O4S. The van der Waals surface area contributed by atoms with Crippen molar-refractivity contribution in [1.29, 1.82) is 0 Å². The molecule has 0 saturated heterocycles. The summed E-state index contributed by atoms with van der Waals surface area (Å²) in [7, 11) is 0. The van der Waals surface area contributed by atoms with E-state index in [0.717, 1.165) is 18.4 Å². The third-order valence-corrected chi connectivity index (χ3v) is 3.98. The molecule has 3 atom stereocenters. The van der Waals surface area contributed by atoms with E-state index in [2.05, 4.69) is 10.0 Å². The molecule has 1 aliphatic carbocycles. The molecule has 0 heterocycles. The minimum Gasteiger partial charge on any atom is -0.383 e. The minimum atomic E-state index is -2.18. The van der Waals surface area contributed by atoms with Crippen LogP contribution in [0.25, 0.3) is 0 Å². The Labute approximate surface area is 126 Å². The smallest absolute Gasteiger partial charge is 0.249 e.